The van der Waals surface area contributed by atoms with E-state index < -0.39 is 15.9 Å². The quantitative estimate of drug-likeness (QED) is 0.636. The van der Waals surface area contributed by atoms with Gasteiger partial charge in [0.15, 0.2) is 6.61 Å². The Bertz CT molecular complexity index is 923. The first-order chi connectivity index (χ1) is 13.8. The Labute approximate surface area is 172 Å². The van der Waals surface area contributed by atoms with E-state index in [9.17, 15) is 13.2 Å². The number of rotatable bonds is 10. The minimum atomic E-state index is -3.66. The van der Waals surface area contributed by atoms with Crippen molar-refractivity contribution in [2.45, 2.75) is 32.6 Å². The molecule has 0 saturated heterocycles. The predicted octanol–water partition coefficient (Wildman–Crippen LogP) is 3.44. The Hall–Kier alpha value is -2.58. The molecule has 158 valence electrons. The van der Waals surface area contributed by atoms with Gasteiger partial charge in [-0.15, -0.1) is 0 Å². The van der Waals surface area contributed by atoms with E-state index in [-0.39, 0.29) is 17.2 Å². The second kappa shape index (κ2) is 10.3. The molecule has 0 heterocycles. The van der Waals surface area contributed by atoms with Crippen LogP contribution in [0.1, 0.15) is 26.3 Å². The lowest BCUT2D eigenvalue weighted by atomic mass is 10.2. The number of hydrogen-bond acceptors (Lipinski definition) is 5. The number of carbonyl (C=O) groups is 1. The molecule has 1 N–H and O–H groups in total. The summed E-state index contributed by atoms with van der Waals surface area (Å²) in [6.45, 7) is 8.22. The maximum absolute atomic E-state index is 12.8. The molecule has 7 nitrogen and oxygen atoms in total. The van der Waals surface area contributed by atoms with Gasteiger partial charge in [-0.1, -0.05) is 31.5 Å². The number of nitrogens with one attached hydrogen (secondary N) is 1. The molecule has 2 aromatic rings. The molecule has 0 bridgehead atoms. The lowest BCUT2D eigenvalue weighted by Gasteiger charge is -2.20. The molecular weight excluding hydrogens is 392 g/mol. The highest BCUT2D eigenvalue weighted by atomic mass is 32.2. The second-order valence-corrected chi connectivity index (χ2v) is 8.27. The third-order valence-electron chi connectivity index (χ3n) is 4.26. The topological polar surface area (TPSA) is 84.9 Å². The van der Waals surface area contributed by atoms with Crippen molar-refractivity contribution in [1.82, 2.24) is 4.31 Å². The molecule has 8 heteroatoms. The van der Waals surface area contributed by atoms with Crippen LogP contribution in [0.2, 0.25) is 0 Å². The molecule has 0 aliphatic carbocycles. The Morgan fingerprint density at radius 2 is 1.66 bits per heavy atom. The fraction of sp³-hybridized carbons (Fsp3) is 0.381. The molecule has 29 heavy (non-hydrogen) atoms. The minimum absolute atomic E-state index is 0.0967. The lowest BCUT2D eigenvalue weighted by molar-refractivity contribution is -0.118. The molecule has 0 aliphatic rings. The van der Waals surface area contributed by atoms with Gasteiger partial charge < -0.3 is 14.8 Å². The fourth-order valence-electron chi connectivity index (χ4n) is 2.73. The van der Waals surface area contributed by atoms with Crippen molar-refractivity contribution >= 4 is 21.6 Å². The zero-order valence-electron chi connectivity index (χ0n) is 17.3. The molecule has 0 radical (unpaired) electrons. The van der Waals surface area contributed by atoms with Crippen LogP contribution < -0.4 is 14.8 Å². The zero-order valence-corrected chi connectivity index (χ0v) is 18.1. The van der Waals surface area contributed by atoms with Crippen LogP contribution in [0.5, 0.6) is 11.5 Å². The summed E-state index contributed by atoms with van der Waals surface area (Å²) in [5.41, 5.74) is 1.38. The summed E-state index contributed by atoms with van der Waals surface area (Å²) in [4.78, 5) is 12.5. The maximum atomic E-state index is 12.8. The van der Waals surface area contributed by atoms with Gasteiger partial charge in [-0.3, -0.25) is 4.79 Å². The van der Waals surface area contributed by atoms with Crippen LogP contribution in [-0.2, 0) is 14.8 Å². The van der Waals surface area contributed by atoms with E-state index >= 15 is 0 Å². The molecule has 2 rings (SSSR count). The Balaban J connectivity index is 2.20. The Morgan fingerprint density at radius 3 is 2.24 bits per heavy atom. The third kappa shape index (κ3) is 5.95. The molecule has 0 atom stereocenters. The van der Waals surface area contributed by atoms with Crippen molar-refractivity contribution in [2.75, 3.05) is 31.6 Å². The highest BCUT2D eigenvalue weighted by Crippen LogP contribution is 2.29. The number of benzene rings is 2. The molecule has 0 aromatic heterocycles. The van der Waals surface area contributed by atoms with E-state index in [4.69, 9.17) is 9.47 Å². The molecule has 2 aromatic carbocycles. The molecule has 0 saturated carbocycles. The summed E-state index contributed by atoms with van der Waals surface area (Å²) < 4.78 is 37.9. The smallest absolute Gasteiger partial charge is 0.262 e. The summed E-state index contributed by atoms with van der Waals surface area (Å²) in [5, 5.41) is 2.69. The van der Waals surface area contributed by atoms with Gasteiger partial charge in [-0.05, 0) is 44.2 Å². The number of amides is 1. The van der Waals surface area contributed by atoms with Gasteiger partial charge >= 0.3 is 0 Å². The molecule has 0 aliphatic heterocycles. The maximum Gasteiger partial charge on any atom is 0.262 e. The van der Waals surface area contributed by atoms with E-state index in [0.717, 1.165) is 5.56 Å². The Morgan fingerprint density at radius 1 is 1.00 bits per heavy atom. The van der Waals surface area contributed by atoms with Crippen LogP contribution in [0.3, 0.4) is 0 Å². The van der Waals surface area contributed by atoms with Crippen molar-refractivity contribution < 1.29 is 22.7 Å². The largest absolute Gasteiger partial charge is 0.492 e. The number of nitrogens with zero attached hydrogens (tertiary/aromatic N) is 1. The average molecular weight is 421 g/mol. The summed E-state index contributed by atoms with van der Waals surface area (Å²) in [5.74, 6) is 0.562. The van der Waals surface area contributed by atoms with E-state index in [2.05, 4.69) is 5.32 Å². The first-order valence-corrected chi connectivity index (χ1v) is 11.0. The van der Waals surface area contributed by atoms with Gasteiger partial charge in [0.05, 0.1) is 17.2 Å². The molecule has 0 fully saturated rings. The third-order valence-corrected chi connectivity index (χ3v) is 6.30. The van der Waals surface area contributed by atoms with Gasteiger partial charge in [0, 0.05) is 13.1 Å². The predicted molar refractivity (Wildman–Crippen MR) is 113 cm³/mol. The van der Waals surface area contributed by atoms with Crippen molar-refractivity contribution in [3.8, 4) is 11.5 Å². The second-order valence-electron chi connectivity index (χ2n) is 6.33. The zero-order chi connectivity index (χ0) is 21.4. The van der Waals surface area contributed by atoms with Crippen LogP contribution in [0, 0.1) is 6.92 Å². The minimum Gasteiger partial charge on any atom is -0.492 e. The van der Waals surface area contributed by atoms with Crippen molar-refractivity contribution in [2.24, 2.45) is 0 Å². The molecule has 0 unspecified atom stereocenters. The summed E-state index contributed by atoms with van der Waals surface area (Å²) in [6.07, 6.45) is 0. The van der Waals surface area contributed by atoms with Gasteiger partial charge in [0.25, 0.3) is 5.91 Å². The van der Waals surface area contributed by atoms with Crippen LogP contribution in [0.4, 0.5) is 5.69 Å². The van der Waals surface area contributed by atoms with Crippen molar-refractivity contribution in [3.05, 3.63) is 48.0 Å². The number of aryl methyl sites for hydroxylation is 1. The molecular formula is C21H28N2O5S. The first kappa shape index (κ1) is 22.7. The van der Waals surface area contributed by atoms with Gasteiger partial charge in [-0.25, -0.2) is 8.42 Å². The number of carbonyl (C=O) groups excluding carboxylic acids is 1. The van der Waals surface area contributed by atoms with Gasteiger partial charge in [0.2, 0.25) is 10.0 Å². The van der Waals surface area contributed by atoms with E-state index in [1.165, 1.54) is 16.4 Å². The average Bonchev–Trinajstić information content (AvgIpc) is 2.69. The van der Waals surface area contributed by atoms with Crippen LogP contribution in [0.25, 0.3) is 0 Å². The number of ether oxygens (including phenoxy) is 2. The molecule has 0 spiro atoms. The highest BCUT2D eigenvalue weighted by molar-refractivity contribution is 7.89. The van der Waals surface area contributed by atoms with Gasteiger partial charge in [0.1, 0.15) is 11.5 Å². The number of hydrogen-bond donors (Lipinski definition) is 1. The number of anilines is 1. The van der Waals surface area contributed by atoms with Gasteiger partial charge in [-0.2, -0.15) is 4.31 Å². The number of sulfonamides is 1. The van der Waals surface area contributed by atoms with E-state index in [0.29, 0.717) is 31.2 Å². The summed E-state index contributed by atoms with van der Waals surface area (Å²) in [6, 6.07) is 11.8. The van der Waals surface area contributed by atoms with Crippen molar-refractivity contribution in [3.63, 3.8) is 0 Å². The van der Waals surface area contributed by atoms with Crippen LogP contribution in [0.15, 0.2) is 47.4 Å². The van der Waals surface area contributed by atoms with Crippen LogP contribution in [-0.4, -0.2) is 44.9 Å². The highest BCUT2D eigenvalue weighted by Gasteiger charge is 2.23. The summed E-state index contributed by atoms with van der Waals surface area (Å²) >= 11 is 0. The first-order valence-electron chi connectivity index (χ1n) is 9.58. The normalized spacial score (nSPS) is 11.3. The Kier molecular flexibility index (Phi) is 8.04. The van der Waals surface area contributed by atoms with Crippen molar-refractivity contribution in [1.29, 1.82) is 0 Å². The molecule has 1 amide bonds. The standard InChI is InChI=1S/C21H28N2O5S/c1-5-23(6-2)29(25,26)18-12-13-20(27-7-3)19(14-18)22-21(24)15-28-17-10-8-16(4)9-11-17/h8-14H,5-7,15H2,1-4H3,(H,22,24). The monoisotopic (exact) mass is 420 g/mol. The lowest BCUT2D eigenvalue weighted by Crippen LogP contribution is -2.30. The SMILES string of the molecule is CCOc1ccc(S(=O)(=O)N(CC)CC)cc1NC(=O)COc1ccc(C)cc1. The van der Waals surface area contributed by atoms with Crippen LogP contribution >= 0.6 is 0 Å². The van der Waals surface area contributed by atoms with E-state index in [1.807, 2.05) is 26.0 Å². The fourth-order valence-corrected chi connectivity index (χ4v) is 4.22. The van der Waals surface area contributed by atoms with E-state index in [1.54, 1.807) is 32.0 Å². The summed E-state index contributed by atoms with van der Waals surface area (Å²) in [7, 11) is -3.66.